The molecule has 0 amide bonds. The van der Waals surface area contributed by atoms with Crippen LogP contribution in [0.25, 0.3) is 0 Å². The largest absolute Gasteiger partial charge is 0.393 e. The van der Waals surface area contributed by atoms with Crippen molar-refractivity contribution in [3.05, 3.63) is 24.3 Å². The van der Waals surface area contributed by atoms with Gasteiger partial charge in [0.1, 0.15) is 11.7 Å². The van der Waals surface area contributed by atoms with Crippen LogP contribution in [0.5, 0.6) is 0 Å². The number of ether oxygens (including phenoxy) is 2. The first-order valence-corrected chi connectivity index (χ1v) is 4.82. The van der Waals surface area contributed by atoms with Gasteiger partial charge in [0.15, 0.2) is 0 Å². The van der Waals surface area contributed by atoms with Crippen LogP contribution in [0.2, 0.25) is 0 Å². The molecule has 0 aromatic rings. The summed E-state index contributed by atoms with van der Waals surface area (Å²) in [4.78, 5) is 0. The fourth-order valence-corrected chi connectivity index (χ4v) is 1.64. The molecule has 3 heteroatoms. The van der Waals surface area contributed by atoms with Gasteiger partial charge in [-0.2, -0.15) is 0 Å². The predicted molar refractivity (Wildman–Crippen MR) is 55.1 cm³/mol. The summed E-state index contributed by atoms with van der Waals surface area (Å²) in [5.41, 5.74) is -0.725. The van der Waals surface area contributed by atoms with E-state index in [1.165, 1.54) is 0 Å². The van der Waals surface area contributed by atoms with Gasteiger partial charge in [0.25, 0.3) is 0 Å². The normalized spacial score (nSPS) is 31.4. The van der Waals surface area contributed by atoms with E-state index in [9.17, 15) is 5.11 Å². The molecule has 80 valence electrons. The third-order valence-electron chi connectivity index (χ3n) is 2.21. The van der Waals surface area contributed by atoms with Gasteiger partial charge in [0.05, 0.1) is 12.7 Å². The molecule has 0 aliphatic heterocycles. The zero-order valence-corrected chi connectivity index (χ0v) is 8.93. The maximum absolute atomic E-state index is 9.40. The molecule has 3 nitrogen and oxygen atoms in total. The van der Waals surface area contributed by atoms with E-state index in [1.807, 2.05) is 38.2 Å². The Morgan fingerprint density at radius 2 is 2.14 bits per heavy atom. The molecule has 0 fully saturated rings. The minimum Gasteiger partial charge on any atom is -0.393 e. The quantitative estimate of drug-likeness (QED) is 0.739. The molecule has 14 heavy (non-hydrogen) atoms. The Morgan fingerprint density at radius 1 is 1.43 bits per heavy atom. The lowest BCUT2D eigenvalue weighted by Gasteiger charge is -2.37. The zero-order chi connectivity index (χ0) is 10.6. The second kappa shape index (κ2) is 4.73. The summed E-state index contributed by atoms with van der Waals surface area (Å²) in [6.07, 6.45) is 7.33. The van der Waals surface area contributed by atoms with Gasteiger partial charge < -0.3 is 14.6 Å². The van der Waals surface area contributed by atoms with Gasteiger partial charge in [-0.15, -0.1) is 0 Å². The second-order valence-corrected chi connectivity index (χ2v) is 3.68. The minimum absolute atomic E-state index is 0.0518. The van der Waals surface area contributed by atoms with Gasteiger partial charge in [-0.05, 0) is 19.9 Å². The SMILES string of the molecule is COC1C=CC=CC1(CO)OC(C)C. The standard InChI is InChI=1S/C11H18O3/c1-9(2)14-11(8-12)7-5-4-6-10(11)13-3/h4-7,9-10,12H,8H2,1-3H3. The highest BCUT2D eigenvalue weighted by Gasteiger charge is 2.38. The van der Waals surface area contributed by atoms with Crippen LogP contribution in [0, 0.1) is 0 Å². The van der Waals surface area contributed by atoms with Crippen molar-refractivity contribution in [3.8, 4) is 0 Å². The number of aliphatic hydroxyl groups excluding tert-OH is 1. The number of hydrogen-bond donors (Lipinski definition) is 1. The molecule has 0 saturated carbocycles. The smallest absolute Gasteiger partial charge is 0.139 e. The van der Waals surface area contributed by atoms with Crippen molar-refractivity contribution in [2.24, 2.45) is 0 Å². The van der Waals surface area contributed by atoms with Crippen molar-refractivity contribution < 1.29 is 14.6 Å². The van der Waals surface area contributed by atoms with Crippen LogP contribution in [0.4, 0.5) is 0 Å². The number of rotatable bonds is 4. The van der Waals surface area contributed by atoms with Crippen LogP contribution in [0.1, 0.15) is 13.8 Å². The van der Waals surface area contributed by atoms with Crippen LogP contribution in [-0.2, 0) is 9.47 Å². The molecule has 1 N–H and O–H groups in total. The van der Waals surface area contributed by atoms with E-state index in [2.05, 4.69) is 0 Å². The third-order valence-corrected chi connectivity index (χ3v) is 2.21. The molecule has 1 rings (SSSR count). The van der Waals surface area contributed by atoms with Crippen molar-refractivity contribution in [2.75, 3.05) is 13.7 Å². The second-order valence-electron chi connectivity index (χ2n) is 3.68. The molecule has 0 bridgehead atoms. The summed E-state index contributed by atoms with van der Waals surface area (Å²) in [7, 11) is 1.61. The van der Waals surface area contributed by atoms with Crippen LogP contribution >= 0.6 is 0 Å². The first kappa shape index (κ1) is 11.4. The Kier molecular flexibility index (Phi) is 3.86. The molecule has 0 saturated heterocycles. The van der Waals surface area contributed by atoms with E-state index in [0.29, 0.717) is 0 Å². The summed E-state index contributed by atoms with van der Waals surface area (Å²) in [6, 6.07) is 0. The molecule has 0 spiro atoms. The van der Waals surface area contributed by atoms with Crippen molar-refractivity contribution in [1.82, 2.24) is 0 Å². The van der Waals surface area contributed by atoms with Gasteiger partial charge in [0, 0.05) is 7.11 Å². The molecule has 2 unspecified atom stereocenters. The van der Waals surface area contributed by atoms with Gasteiger partial charge >= 0.3 is 0 Å². The van der Waals surface area contributed by atoms with Crippen molar-refractivity contribution >= 4 is 0 Å². The predicted octanol–water partition coefficient (Wildman–Crippen LogP) is 1.28. The number of hydrogen-bond acceptors (Lipinski definition) is 3. The molecule has 0 heterocycles. The fraction of sp³-hybridized carbons (Fsp3) is 0.636. The van der Waals surface area contributed by atoms with Crippen molar-refractivity contribution in [2.45, 2.75) is 31.7 Å². The summed E-state index contributed by atoms with van der Waals surface area (Å²) in [5.74, 6) is 0. The molecule has 0 radical (unpaired) electrons. The summed E-state index contributed by atoms with van der Waals surface area (Å²) >= 11 is 0. The zero-order valence-electron chi connectivity index (χ0n) is 8.93. The van der Waals surface area contributed by atoms with Gasteiger partial charge in [-0.1, -0.05) is 18.2 Å². The first-order chi connectivity index (χ1) is 6.64. The molecule has 0 aromatic carbocycles. The van der Waals surface area contributed by atoms with Crippen LogP contribution < -0.4 is 0 Å². The van der Waals surface area contributed by atoms with Crippen LogP contribution in [0.15, 0.2) is 24.3 Å². The topological polar surface area (TPSA) is 38.7 Å². The van der Waals surface area contributed by atoms with E-state index in [-0.39, 0.29) is 18.8 Å². The average Bonchev–Trinajstić information content (AvgIpc) is 2.17. The van der Waals surface area contributed by atoms with E-state index in [1.54, 1.807) is 7.11 Å². The lowest BCUT2D eigenvalue weighted by atomic mass is 9.92. The van der Waals surface area contributed by atoms with Gasteiger partial charge in [0.2, 0.25) is 0 Å². The fourth-order valence-electron chi connectivity index (χ4n) is 1.64. The molecular weight excluding hydrogens is 180 g/mol. The first-order valence-electron chi connectivity index (χ1n) is 4.82. The summed E-state index contributed by atoms with van der Waals surface area (Å²) in [6.45, 7) is 3.80. The Hall–Kier alpha value is -0.640. The van der Waals surface area contributed by atoms with Crippen molar-refractivity contribution in [3.63, 3.8) is 0 Å². The summed E-state index contributed by atoms with van der Waals surface area (Å²) in [5, 5.41) is 9.40. The number of methoxy groups -OCH3 is 1. The number of aliphatic hydroxyl groups is 1. The van der Waals surface area contributed by atoms with Crippen LogP contribution in [0.3, 0.4) is 0 Å². The Bertz CT molecular complexity index is 233. The Morgan fingerprint density at radius 3 is 2.64 bits per heavy atom. The lowest BCUT2D eigenvalue weighted by Crippen LogP contribution is -2.49. The maximum Gasteiger partial charge on any atom is 0.139 e. The Balaban J connectivity index is 2.84. The van der Waals surface area contributed by atoms with E-state index in [4.69, 9.17) is 9.47 Å². The molecule has 2 atom stereocenters. The number of allylic oxidation sites excluding steroid dienone is 2. The minimum atomic E-state index is -0.725. The highest BCUT2D eigenvalue weighted by Crippen LogP contribution is 2.26. The molecule has 0 aromatic heterocycles. The van der Waals surface area contributed by atoms with E-state index >= 15 is 0 Å². The lowest BCUT2D eigenvalue weighted by molar-refractivity contribution is -0.135. The van der Waals surface area contributed by atoms with Gasteiger partial charge in [-0.3, -0.25) is 0 Å². The maximum atomic E-state index is 9.40. The molecule has 1 aliphatic carbocycles. The van der Waals surface area contributed by atoms with E-state index < -0.39 is 5.60 Å². The van der Waals surface area contributed by atoms with Crippen LogP contribution in [-0.4, -0.2) is 36.6 Å². The third kappa shape index (κ3) is 2.23. The molecule has 1 aliphatic rings. The highest BCUT2D eigenvalue weighted by atomic mass is 16.6. The summed E-state index contributed by atoms with van der Waals surface area (Å²) < 4.78 is 11.0. The highest BCUT2D eigenvalue weighted by molar-refractivity contribution is 5.24. The monoisotopic (exact) mass is 198 g/mol. The average molecular weight is 198 g/mol. The van der Waals surface area contributed by atoms with E-state index in [0.717, 1.165) is 0 Å². The molecular formula is C11H18O3. The van der Waals surface area contributed by atoms with Crippen molar-refractivity contribution in [1.29, 1.82) is 0 Å². The van der Waals surface area contributed by atoms with Gasteiger partial charge in [-0.25, -0.2) is 0 Å². The Labute approximate surface area is 85.0 Å².